The average Bonchev–Trinajstić information content (AvgIpc) is 2.92. The number of allylic oxidation sites excluding steroid dienone is 6. The summed E-state index contributed by atoms with van der Waals surface area (Å²) in [6, 6.07) is 0. The van der Waals surface area contributed by atoms with Gasteiger partial charge in [0.2, 0.25) is 0 Å². The molecule has 0 saturated carbocycles. The normalized spacial score (nSPS) is 17.0. The van der Waals surface area contributed by atoms with E-state index in [-0.39, 0.29) is 18.8 Å². The third kappa shape index (κ3) is 20.5. The van der Waals surface area contributed by atoms with E-state index in [0.29, 0.717) is 36.3 Å². The van der Waals surface area contributed by atoms with Crippen molar-refractivity contribution in [2.24, 2.45) is 23.7 Å². The number of carboxylic acid groups (broad SMARTS) is 3. The molecule has 0 aromatic rings. The topological polar surface area (TPSA) is 199 Å². The molecule has 47 heavy (non-hydrogen) atoms. The van der Waals surface area contributed by atoms with E-state index >= 15 is 0 Å². The number of unbranched alkanes of at least 4 members (excludes halogenated alkanes) is 2. The number of carbonyl (C=O) groups is 4. The lowest BCUT2D eigenvalue weighted by Gasteiger charge is -2.27. The van der Waals surface area contributed by atoms with Crippen LogP contribution in [0, 0.1) is 23.7 Å². The van der Waals surface area contributed by atoms with Crippen LogP contribution >= 0.6 is 0 Å². The summed E-state index contributed by atoms with van der Waals surface area (Å²) in [6.07, 6.45) is 9.91. The summed E-state index contributed by atoms with van der Waals surface area (Å²) >= 11 is 0. The summed E-state index contributed by atoms with van der Waals surface area (Å²) in [7, 11) is 0. The van der Waals surface area contributed by atoms with Crippen molar-refractivity contribution in [3.63, 3.8) is 0 Å². The number of aliphatic hydroxyl groups is 3. The Morgan fingerprint density at radius 3 is 1.40 bits per heavy atom. The Hall–Kier alpha value is -3.28. The predicted molar refractivity (Wildman–Crippen MR) is 179 cm³/mol. The number of rotatable bonds is 25. The second-order valence-electron chi connectivity index (χ2n) is 13.1. The van der Waals surface area contributed by atoms with E-state index in [2.05, 4.69) is 13.8 Å². The molecule has 0 aliphatic carbocycles. The Morgan fingerprint density at radius 1 is 0.617 bits per heavy atom. The number of hydrogen-bond donors (Lipinski definition) is 6. The Bertz CT molecular complexity index is 1120. The van der Waals surface area contributed by atoms with Gasteiger partial charge in [0.15, 0.2) is 0 Å². The van der Waals surface area contributed by atoms with Crippen molar-refractivity contribution in [2.75, 3.05) is 13.2 Å². The first-order valence-electron chi connectivity index (χ1n) is 16.5. The van der Waals surface area contributed by atoms with E-state index in [9.17, 15) is 39.6 Å². The fraction of sp³-hybridized carbons (Fsp3) is 0.667. The Labute approximate surface area is 279 Å². The second kappa shape index (κ2) is 23.9. The molecule has 0 radical (unpaired) electrons. The van der Waals surface area contributed by atoms with Gasteiger partial charge < -0.3 is 35.4 Å². The van der Waals surface area contributed by atoms with Crippen molar-refractivity contribution in [3.05, 3.63) is 46.6 Å². The van der Waals surface area contributed by atoms with E-state index in [1.165, 1.54) is 0 Å². The average molecular weight is 667 g/mol. The summed E-state index contributed by atoms with van der Waals surface area (Å²) < 4.78 is 5.52. The van der Waals surface area contributed by atoms with Crippen LogP contribution in [0.3, 0.4) is 0 Å². The van der Waals surface area contributed by atoms with Gasteiger partial charge in [0.25, 0.3) is 0 Å². The van der Waals surface area contributed by atoms with Crippen molar-refractivity contribution in [2.45, 2.75) is 118 Å². The van der Waals surface area contributed by atoms with Gasteiger partial charge in [0.05, 0.1) is 19.3 Å². The summed E-state index contributed by atoms with van der Waals surface area (Å²) in [6.45, 7) is 10.1. The molecular formula is C36H58O11. The lowest BCUT2D eigenvalue weighted by Crippen LogP contribution is -2.40. The highest BCUT2D eigenvalue weighted by molar-refractivity contribution is 5.81. The summed E-state index contributed by atoms with van der Waals surface area (Å²) in [4.78, 5) is 46.4. The molecule has 0 fully saturated rings. The van der Waals surface area contributed by atoms with Crippen LogP contribution in [0.15, 0.2) is 46.6 Å². The number of ether oxygens (including phenoxy) is 1. The molecule has 0 bridgehead atoms. The molecule has 0 amide bonds. The van der Waals surface area contributed by atoms with Gasteiger partial charge in [-0.2, -0.15) is 0 Å². The van der Waals surface area contributed by atoms with E-state index < -0.39 is 61.1 Å². The second-order valence-corrected chi connectivity index (χ2v) is 13.1. The Morgan fingerprint density at radius 2 is 1.02 bits per heavy atom. The maximum Gasteiger partial charge on any atom is 0.328 e. The smallest absolute Gasteiger partial charge is 0.328 e. The molecular weight excluding hydrogens is 608 g/mol. The van der Waals surface area contributed by atoms with Crippen LogP contribution in [0.5, 0.6) is 0 Å². The minimum absolute atomic E-state index is 0.191. The molecule has 6 atom stereocenters. The third-order valence-corrected chi connectivity index (χ3v) is 8.07. The molecule has 6 unspecified atom stereocenters. The molecule has 11 nitrogen and oxygen atoms in total. The third-order valence-electron chi connectivity index (χ3n) is 8.07. The highest BCUT2D eigenvalue weighted by Gasteiger charge is 2.35. The van der Waals surface area contributed by atoms with Gasteiger partial charge in [0, 0.05) is 12.2 Å². The molecule has 0 aliphatic heterocycles. The number of hydrogen-bond acceptors (Lipinski definition) is 8. The molecule has 0 spiro atoms. The fourth-order valence-electron chi connectivity index (χ4n) is 5.84. The summed E-state index contributed by atoms with van der Waals surface area (Å²) in [5.41, 5.74) is 3.42. The van der Waals surface area contributed by atoms with Gasteiger partial charge in [-0.05, 0) is 82.8 Å². The minimum Gasteiger partial charge on any atom is -0.481 e. The van der Waals surface area contributed by atoms with Crippen molar-refractivity contribution < 1.29 is 54.6 Å². The maximum atomic E-state index is 13.0. The molecule has 0 aromatic carbocycles. The number of aliphatic hydroxyl groups excluding tert-OH is 3. The first kappa shape index (κ1) is 43.7. The van der Waals surface area contributed by atoms with Crippen LogP contribution in [0.25, 0.3) is 0 Å². The fourth-order valence-corrected chi connectivity index (χ4v) is 5.84. The molecule has 0 aliphatic rings. The number of carbonyl (C=O) groups excluding carboxylic acids is 1. The molecule has 0 heterocycles. The number of aliphatic carboxylic acids is 3. The summed E-state index contributed by atoms with van der Waals surface area (Å²) in [5.74, 6) is -6.19. The van der Waals surface area contributed by atoms with Gasteiger partial charge in [0.1, 0.15) is 17.9 Å². The highest BCUT2D eigenvalue weighted by atomic mass is 16.5. The number of esters is 1. The van der Waals surface area contributed by atoms with E-state index in [1.807, 2.05) is 26.0 Å². The quantitative estimate of drug-likeness (QED) is 0.0303. The van der Waals surface area contributed by atoms with Crippen molar-refractivity contribution >= 4 is 23.9 Å². The molecule has 0 saturated heterocycles. The zero-order valence-corrected chi connectivity index (χ0v) is 29.0. The van der Waals surface area contributed by atoms with Crippen LogP contribution < -0.4 is 0 Å². The van der Waals surface area contributed by atoms with Gasteiger partial charge in [-0.3, -0.25) is 9.59 Å². The van der Waals surface area contributed by atoms with Crippen LogP contribution in [-0.4, -0.2) is 79.9 Å². The number of carboxylic acids is 3. The first-order chi connectivity index (χ1) is 22.0. The minimum atomic E-state index is -1.34. The standard InChI is InChI=1S/C36H58O11/c1-23(15-25(3)17-27(5)19-33(40)41)11-7-9-13-31(39)29(21-37)36(46)47-32(30(22-38)35(44)45)14-10-8-12-24(2)16-26(4)18-28(6)20-34(42)43/h17-20,23-24,29-32,37-39H,7-16,21-22H2,1-6H3,(H,40,41)(H,42,43)(H,44,45)/b25-17+,26-18+,27-19+,28-20+. The predicted octanol–water partition coefficient (Wildman–Crippen LogP) is 5.69. The van der Waals surface area contributed by atoms with Crippen molar-refractivity contribution in [1.82, 2.24) is 0 Å². The van der Waals surface area contributed by atoms with Gasteiger partial charge in [-0.15, -0.1) is 0 Å². The van der Waals surface area contributed by atoms with E-state index in [0.717, 1.165) is 55.4 Å². The maximum absolute atomic E-state index is 13.0. The van der Waals surface area contributed by atoms with Crippen molar-refractivity contribution in [1.29, 1.82) is 0 Å². The van der Waals surface area contributed by atoms with Crippen LogP contribution in [0.2, 0.25) is 0 Å². The van der Waals surface area contributed by atoms with E-state index in [1.54, 1.807) is 13.8 Å². The van der Waals surface area contributed by atoms with E-state index in [4.69, 9.17) is 14.9 Å². The van der Waals surface area contributed by atoms with Crippen LogP contribution in [0.1, 0.15) is 106 Å². The SMILES string of the molecule is CC(=C\C(=O)O)/C=C(\C)CC(C)CCCCC(O)C(CO)C(=O)OC(CCCCC(C)C/C(C)=C/C(C)=C/C(=O)O)C(CO)C(=O)O. The monoisotopic (exact) mass is 666 g/mol. The van der Waals surface area contributed by atoms with Crippen LogP contribution in [0.4, 0.5) is 0 Å². The van der Waals surface area contributed by atoms with Gasteiger partial charge in [-0.25, -0.2) is 9.59 Å². The molecule has 0 aromatic heterocycles. The van der Waals surface area contributed by atoms with Gasteiger partial charge in [-0.1, -0.05) is 69.2 Å². The van der Waals surface area contributed by atoms with Crippen molar-refractivity contribution in [3.8, 4) is 0 Å². The molecule has 0 rings (SSSR count). The Balaban J connectivity index is 5.02. The molecule has 6 N–H and O–H groups in total. The Kier molecular flexibility index (Phi) is 22.3. The largest absolute Gasteiger partial charge is 0.481 e. The molecule has 268 valence electrons. The molecule has 11 heteroatoms. The lowest BCUT2D eigenvalue weighted by atomic mass is 9.92. The summed E-state index contributed by atoms with van der Waals surface area (Å²) in [5, 5.41) is 57.7. The lowest BCUT2D eigenvalue weighted by molar-refractivity contribution is -0.169. The van der Waals surface area contributed by atoms with Crippen LogP contribution in [-0.2, 0) is 23.9 Å². The first-order valence-corrected chi connectivity index (χ1v) is 16.5. The highest BCUT2D eigenvalue weighted by Crippen LogP contribution is 2.24. The van der Waals surface area contributed by atoms with Gasteiger partial charge >= 0.3 is 23.9 Å². The zero-order valence-electron chi connectivity index (χ0n) is 29.0. The zero-order chi connectivity index (χ0) is 36.1.